The van der Waals surface area contributed by atoms with E-state index in [2.05, 4.69) is 121 Å². The van der Waals surface area contributed by atoms with E-state index in [0.717, 1.165) is 55.9 Å². The van der Waals surface area contributed by atoms with Crippen molar-refractivity contribution in [3.63, 3.8) is 0 Å². The summed E-state index contributed by atoms with van der Waals surface area (Å²) in [5.74, 6) is 0.801. The second-order valence-corrected chi connectivity index (χ2v) is 12.5. The van der Waals surface area contributed by atoms with Crippen LogP contribution in [0.1, 0.15) is 73.8 Å². The van der Waals surface area contributed by atoms with E-state index in [4.69, 9.17) is 4.74 Å². The third kappa shape index (κ3) is 8.88. The second-order valence-electron chi connectivity index (χ2n) is 12.5. The molecule has 0 radical (unpaired) electrons. The fraction of sp³-hybridized carbons (Fsp3) is 0.341. The Hall–Kier alpha value is -4.35. The number of nitrogens with zero attached hydrogens (tertiary/aromatic N) is 2. The van der Waals surface area contributed by atoms with Crippen LogP contribution in [0.15, 0.2) is 109 Å². The molecule has 1 N–H and O–H groups in total. The van der Waals surface area contributed by atoms with E-state index in [1.165, 1.54) is 27.6 Å². The number of para-hydroxylation sites is 1. The average molecular weight is 616 g/mol. The fourth-order valence-electron chi connectivity index (χ4n) is 6.27. The summed E-state index contributed by atoms with van der Waals surface area (Å²) in [5.41, 5.74) is 7.10. The van der Waals surface area contributed by atoms with Crippen LogP contribution in [0.5, 0.6) is 5.75 Å². The molecule has 5 rings (SSSR count). The molecule has 5 heteroatoms. The van der Waals surface area contributed by atoms with Crippen molar-refractivity contribution >= 4 is 16.8 Å². The van der Waals surface area contributed by atoms with Gasteiger partial charge in [-0.3, -0.25) is 4.79 Å². The van der Waals surface area contributed by atoms with Gasteiger partial charge >= 0.3 is 0 Å². The van der Waals surface area contributed by atoms with E-state index in [0.29, 0.717) is 13.0 Å². The predicted octanol–water partition coefficient (Wildman–Crippen LogP) is 8.73. The maximum absolute atomic E-state index is 13.7. The molecule has 0 aliphatic heterocycles. The van der Waals surface area contributed by atoms with Gasteiger partial charge in [-0.15, -0.1) is 0 Å². The SMILES string of the molecule is CCN(CC)CCC[C@@H](C)NC(=O)C[C@@H](c1ccc(OCc2ccccc2)cc1)c1cn(Cc2ccc(C)cc2)c2ccccc12. The Kier molecular flexibility index (Phi) is 11.7. The fourth-order valence-corrected chi connectivity index (χ4v) is 6.27. The summed E-state index contributed by atoms with van der Waals surface area (Å²) >= 11 is 0. The number of amides is 1. The zero-order chi connectivity index (χ0) is 32.3. The van der Waals surface area contributed by atoms with Crippen LogP contribution in [0.25, 0.3) is 10.9 Å². The zero-order valence-corrected chi connectivity index (χ0v) is 27.9. The van der Waals surface area contributed by atoms with Crippen LogP contribution in [0.4, 0.5) is 0 Å². The first-order valence-electron chi connectivity index (χ1n) is 16.8. The topological polar surface area (TPSA) is 46.5 Å². The van der Waals surface area contributed by atoms with E-state index >= 15 is 0 Å². The standard InChI is InChI=1S/C41H49N3O2/c1-5-43(6-2)26-12-13-32(4)42-41(45)27-38(35-22-24-36(25-23-35)46-30-34-14-8-7-9-15-34)39-29-44(40-17-11-10-16-37(39)40)28-33-20-18-31(3)19-21-33/h7-11,14-25,29,32,38H,5-6,12-13,26-28,30H2,1-4H3,(H,42,45)/t32-,38+/m1/s1. The van der Waals surface area contributed by atoms with Crippen molar-refractivity contribution in [2.75, 3.05) is 19.6 Å². The maximum Gasteiger partial charge on any atom is 0.221 e. The number of hydrogen-bond acceptors (Lipinski definition) is 3. The first-order chi connectivity index (χ1) is 22.4. The Morgan fingerprint density at radius 1 is 0.848 bits per heavy atom. The molecule has 0 fully saturated rings. The number of carbonyl (C=O) groups excluding carboxylic acids is 1. The van der Waals surface area contributed by atoms with E-state index in [-0.39, 0.29) is 17.9 Å². The largest absolute Gasteiger partial charge is 0.489 e. The molecule has 0 aliphatic rings. The van der Waals surface area contributed by atoms with Gasteiger partial charge in [0.25, 0.3) is 0 Å². The molecular weight excluding hydrogens is 566 g/mol. The highest BCUT2D eigenvalue weighted by atomic mass is 16.5. The van der Waals surface area contributed by atoms with E-state index < -0.39 is 0 Å². The van der Waals surface area contributed by atoms with Crippen LogP contribution >= 0.6 is 0 Å². The highest BCUT2D eigenvalue weighted by Crippen LogP contribution is 2.36. The summed E-state index contributed by atoms with van der Waals surface area (Å²) in [6.45, 7) is 13.1. The van der Waals surface area contributed by atoms with Gasteiger partial charge in [-0.05, 0) is 86.8 Å². The minimum absolute atomic E-state index is 0.0834. The van der Waals surface area contributed by atoms with Gasteiger partial charge in [0.15, 0.2) is 0 Å². The van der Waals surface area contributed by atoms with Crippen LogP contribution in [0.2, 0.25) is 0 Å². The van der Waals surface area contributed by atoms with Crippen molar-refractivity contribution in [2.45, 2.75) is 72.1 Å². The monoisotopic (exact) mass is 615 g/mol. The molecule has 5 aromatic rings. The number of aryl methyl sites for hydroxylation is 1. The van der Waals surface area contributed by atoms with Gasteiger partial charge in [-0.1, -0.05) is 104 Å². The Balaban J connectivity index is 1.39. The molecule has 0 aliphatic carbocycles. The number of nitrogens with one attached hydrogen (secondary N) is 1. The molecule has 0 saturated carbocycles. The minimum Gasteiger partial charge on any atom is -0.489 e. The van der Waals surface area contributed by atoms with Crippen LogP contribution in [0, 0.1) is 6.92 Å². The van der Waals surface area contributed by atoms with Gasteiger partial charge in [0.1, 0.15) is 12.4 Å². The quantitative estimate of drug-likeness (QED) is 0.121. The summed E-state index contributed by atoms with van der Waals surface area (Å²) in [4.78, 5) is 16.1. The van der Waals surface area contributed by atoms with Crippen molar-refractivity contribution in [2.24, 2.45) is 0 Å². The van der Waals surface area contributed by atoms with Gasteiger partial charge in [-0.2, -0.15) is 0 Å². The van der Waals surface area contributed by atoms with E-state index in [1.807, 2.05) is 30.3 Å². The summed E-state index contributed by atoms with van der Waals surface area (Å²) < 4.78 is 8.43. The molecule has 0 saturated heterocycles. The summed E-state index contributed by atoms with van der Waals surface area (Å²) in [7, 11) is 0. The lowest BCUT2D eigenvalue weighted by molar-refractivity contribution is -0.121. The normalized spacial score (nSPS) is 12.7. The lowest BCUT2D eigenvalue weighted by Crippen LogP contribution is -2.34. The lowest BCUT2D eigenvalue weighted by Gasteiger charge is -2.21. The van der Waals surface area contributed by atoms with Gasteiger partial charge in [0.05, 0.1) is 0 Å². The van der Waals surface area contributed by atoms with Crippen LogP contribution in [-0.2, 0) is 17.9 Å². The van der Waals surface area contributed by atoms with Crippen LogP contribution in [-0.4, -0.2) is 41.1 Å². The Morgan fingerprint density at radius 3 is 2.26 bits per heavy atom. The van der Waals surface area contributed by atoms with Crippen molar-refractivity contribution in [1.29, 1.82) is 0 Å². The summed E-state index contributed by atoms with van der Waals surface area (Å²) in [6.07, 6.45) is 4.68. The molecule has 4 aromatic carbocycles. The number of carbonyl (C=O) groups is 1. The average Bonchev–Trinajstić information content (AvgIpc) is 3.44. The van der Waals surface area contributed by atoms with Gasteiger partial charge in [-0.25, -0.2) is 0 Å². The molecule has 0 spiro atoms. The molecule has 0 bridgehead atoms. The first kappa shape index (κ1) is 33.0. The number of benzene rings is 4. The van der Waals surface area contributed by atoms with Gasteiger partial charge in [0, 0.05) is 42.0 Å². The van der Waals surface area contributed by atoms with Crippen molar-refractivity contribution in [3.8, 4) is 5.75 Å². The first-order valence-corrected chi connectivity index (χ1v) is 16.8. The zero-order valence-electron chi connectivity index (χ0n) is 27.9. The van der Waals surface area contributed by atoms with Crippen LogP contribution < -0.4 is 10.1 Å². The van der Waals surface area contributed by atoms with Gasteiger partial charge < -0.3 is 19.5 Å². The Bertz CT molecular complexity index is 1650. The van der Waals surface area contributed by atoms with Crippen molar-refractivity contribution in [3.05, 3.63) is 137 Å². The number of fused-ring (bicyclic) bond motifs is 1. The Labute approximate surface area is 275 Å². The molecule has 1 heterocycles. The number of ether oxygens (including phenoxy) is 1. The smallest absolute Gasteiger partial charge is 0.221 e. The maximum atomic E-state index is 13.7. The molecule has 1 amide bonds. The molecule has 2 atom stereocenters. The lowest BCUT2D eigenvalue weighted by atomic mass is 9.88. The third-order valence-corrected chi connectivity index (χ3v) is 9.00. The predicted molar refractivity (Wildman–Crippen MR) is 191 cm³/mol. The Morgan fingerprint density at radius 2 is 1.54 bits per heavy atom. The number of hydrogen-bond donors (Lipinski definition) is 1. The molecule has 46 heavy (non-hydrogen) atoms. The minimum atomic E-state index is -0.102. The molecule has 1 aromatic heterocycles. The number of aromatic nitrogens is 1. The highest BCUT2D eigenvalue weighted by Gasteiger charge is 2.24. The van der Waals surface area contributed by atoms with E-state index in [9.17, 15) is 4.79 Å². The van der Waals surface area contributed by atoms with Gasteiger partial charge in [0.2, 0.25) is 5.91 Å². The van der Waals surface area contributed by atoms with Crippen LogP contribution in [0.3, 0.4) is 0 Å². The molecule has 240 valence electrons. The summed E-state index contributed by atoms with van der Waals surface area (Å²) in [5, 5.41) is 4.50. The third-order valence-electron chi connectivity index (χ3n) is 9.00. The summed E-state index contributed by atoms with van der Waals surface area (Å²) in [6, 6.07) is 35.9. The molecule has 0 unspecified atom stereocenters. The van der Waals surface area contributed by atoms with E-state index in [1.54, 1.807) is 0 Å². The molecular formula is C41H49N3O2. The second kappa shape index (κ2) is 16.3. The highest BCUT2D eigenvalue weighted by molar-refractivity contribution is 5.87. The molecule has 5 nitrogen and oxygen atoms in total. The van der Waals surface area contributed by atoms with Crippen molar-refractivity contribution < 1.29 is 9.53 Å². The number of rotatable bonds is 16. The van der Waals surface area contributed by atoms with Crippen molar-refractivity contribution in [1.82, 2.24) is 14.8 Å².